The van der Waals surface area contributed by atoms with Crippen LogP contribution >= 0.6 is 11.6 Å². The van der Waals surface area contributed by atoms with Crippen LogP contribution in [0, 0.1) is 0 Å². The van der Waals surface area contributed by atoms with Gasteiger partial charge in [-0.3, -0.25) is 4.79 Å². The first-order chi connectivity index (χ1) is 12.2. The Morgan fingerprint density at radius 2 is 2.00 bits per heavy atom. The highest BCUT2D eigenvalue weighted by atomic mass is 35.5. The number of furan rings is 1. The van der Waals surface area contributed by atoms with Gasteiger partial charge >= 0.3 is 0 Å². The van der Waals surface area contributed by atoms with Crippen LogP contribution in [0.4, 0.5) is 0 Å². The molecule has 0 saturated carbocycles. The van der Waals surface area contributed by atoms with Crippen LogP contribution in [0.5, 0.6) is 0 Å². The van der Waals surface area contributed by atoms with Crippen LogP contribution in [0.15, 0.2) is 51.6 Å². The smallest absolute Gasteiger partial charge is 0.289 e. The molecule has 3 aromatic rings. The number of aromatic nitrogens is 2. The first kappa shape index (κ1) is 17.2. The highest BCUT2D eigenvalue weighted by Crippen LogP contribution is 2.19. The number of rotatable bonds is 7. The molecular formula is C18H18ClN3O3. The number of hydrogen-bond donors (Lipinski definition) is 0. The normalized spacial score (nSPS) is 10.8. The van der Waals surface area contributed by atoms with Crippen molar-refractivity contribution in [3.63, 3.8) is 0 Å². The van der Waals surface area contributed by atoms with Gasteiger partial charge < -0.3 is 13.8 Å². The van der Waals surface area contributed by atoms with Crippen molar-refractivity contribution in [1.29, 1.82) is 0 Å². The molecule has 0 aliphatic carbocycles. The highest BCUT2D eigenvalue weighted by Gasteiger charge is 2.18. The maximum absolute atomic E-state index is 12.4. The van der Waals surface area contributed by atoms with E-state index in [4.69, 9.17) is 20.5 Å². The zero-order valence-electron chi connectivity index (χ0n) is 13.8. The van der Waals surface area contributed by atoms with Crippen molar-refractivity contribution in [2.24, 2.45) is 0 Å². The SMILES string of the molecule is CCCN(CCc1nc(-c2ccc(Cl)cc2)no1)C(=O)c1ccco1. The molecule has 2 aromatic heterocycles. The minimum absolute atomic E-state index is 0.135. The lowest BCUT2D eigenvalue weighted by molar-refractivity contribution is 0.0722. The summed E-state index contributed by atoms with van der Waals surface area (Å²) in [5, 5.41) is 4.64. The van der Waals surface area contributed by atoms with E-state index in [1.165, 1.54) is 6.26 Å². The van der Waals surface area contributed by atoms with Gasteiger partial charge in [0, 0.05) is 30.1 Å². The van der Waals surface area contributed by atoms with Crippen LogP contribution in [0.3, 0.4) is 0 Å². The summed E-state index contributed by atoms with van der Waals surface area (Å²) in [6.45, 7) is 3.14. The number of carbonyl (C=O) groups excluding carboxylic acids is 1. The molecule has 0 aliphatic heterocycles. The first-order valence-corrected chi connectivity index (χ1v) is 8.46. The molecule has 25 heavy (non-hydrogen) atoms. The third kappa shape index (κ3) is 4.28. The zero-order chi connectivity index (χ0) is 17.6. The summed E-state index contributed by atoms with van der Waals surface area (Å²) in [6, 6.07) is 10.6. The van der Waals surface area contributed by atoms with Crippen molar-refractivity contribution in [3.05, 3.63) is 59.3 Å². The van der Waals surface area contributed by atoms with Gasteiger partial charge in [-0.25, -0.2) is 0 Å². The molecule has 3 rings (SSSR count). The minimum atomic E-state index is -0.135. The summed E-state index contributed by atoms with van der Waals surface area (Å²) in [6.07, 6.45) is 2.83. The Morgan fingerprint density at radius 1 is 1.20 bits per heavy atom. The van der Waals surface area contributed by atoms with Crippen molar-refractivity contribution >= 4 is 17.5 Å². The van der Waals surface area contributed by atoms with E-state index in [0.29, 0.717) is 42.0 Å². The van der Waals surface area contributed by atoms with E-state index in [0.717, 1.165) is 12.0 Å². The molecule has 0 atom stereocenters. The van der Waals surface area contributed by atoms with Crippen LogP contribution in [0.1, 0.15) is 29.8 Å². The number of amides is 1. The third-order valence-electron chi connectivity index (χ3n) is 3.68. The summed E-state index contributed by atoms with van der Waals surface area (Å²) >= 11 is 5.88. The molecule has 0 unspecified atom stereocenters. The van der Waals surface area contributed by atoms with Gasteiger partial charge in [-0.05, 0) is 42.8 Å². The summed E-state index contributed by atoms with van der Waals surface area (Å²) in [4.78, 5) is 18.5. The Morgan fingerprint density at radius 3 is 2.68 bits per heavy atom. The van der Waals surface area contributed by atoms with Gasteiger partial charge in [-0.1, -0.05) is 23.7 Å². The van der Waals surface area contributed by atoms with Gasteiger partial charge in [0.1, 0.15) is 0 Å². The number of carbonyl (C=O) groups is 1. The average molecular weight is 360 g/mol. The maximum Gasteiger partial charge on any atom is 0.289 e. The van der Waals surface area contributed by atoms with Gasteiger partial charge in [0.2, 0.25) is 11.7 Å². The summed E-state index contributed by atoms with van der Waals surface area (Å²) in [5.74, 6) is 1.19. The molecule has 130 valence electrons. The molecule has 0 bridgehead atoms. The molecule has 0 aliphatic rings. The quantitative estimate of drug-likeness (QED) is 0.635. The van der Waals surface area contributed by atoms with Gasteiger partial charge in [0.25, 0.3) is 5.91 Å². The van der Waals surface area contributed by atoms with Gasteiger partial charge in [0.15, 0.2) is 5.76 Å². The van der Waals surface area contributed by atoms with Gasteiger partial charge in [-0.15, -0.1) is 0 Å². The molecule has 0 spiro atoms. The molecule has 0 radical (unpaired) electrons. The molecule has 0 N–H and O–H groups in total. The van der Waals surface area contributed by atoms with Crippen molar-refractivity contribution in [2.45, 2.75) is 19.8 Å². The van der Waals surface area contributed by atoms with E-state index in [9.17, 15) is 4.79 Å². The fourth-order valence-electron chi connectivity index (χ4n) is 2.44. The van der Waals surface area contributed by atoms with Crippen LogP contribution in [-0.2, 0) is 6.42 Å². The number of hydrogen-bond acceptors (Lipinski definition) is 5. The lowest BCUT2D eigenvalue weighted by atomic mass is 10.2. The number of halogens is 1. The summed E-state index contributed by atoms with van der Waals surface area (Å²) < 4.78 is 10.5. The van der Waals surface area contributed by atoms with Crippen molar-refractivity contribution in [2.75, 3.05) is 13.1 Å². The third-order valence-corrected chi connectivity index (χ3v) is 3.93. The lowest BCUT2D eigenvalue weighted by Gasteiger charge is -2.19. The lowest BCUT2D eigenvalue weighted by Crippen LogP contribution is -2.33. The largest absolute Gasteiger partial charge is 0.459 e. The Bertz CT molecular complexity index is 812. The average Bonchev–Trinajstić information content (AvgIpc) is 3.30. The molecular weight excluding hydrogens is 342 g/mol. The predicted molar refractivity (Wildman–Crippen MR) is 93.4 cm³/mol. The van der Waals surface area contributed by atoms with Crippen LogP contribution in [0.2, 0.25) is 5.02 Å². The van der Waals surface area contributed by atoms with Crippen molar-refractivity contribution in [1.82, 2.24) is 15.0 Å². The number of benzene rings is 1. The van der Waals surface area contributed by atoms with E-state index in [2.05, 4.69) is 10.1 Å². The Hall–Kier alpha value is -2.60. The summed E-state index contributed by atoms with van der Waals surface area (Å²) in [7, 11) is 0. The predicted octanol–water partition coefficient (Wildman–Crippen LogP) is 4.08. The van der Waals surface area contributed by atoms with Crippen LogP contribution in [0.25, 0.3) is 11.4 Å². The van der Waals surface area contributed by atoms with Crippen molar-refractivity contribution < 1.29 is 13.7 Å². The fourth-order valence-corrected chi connectivity index (χ4v) is 2.57. The monoisotopic (exact) mass is 359 g/mol. The van der Waals surface area contributed by atoms with E-state index in [1.807, 2.05) is 19.1 Å². The molecule has 1 amide bonds. The van der Waals surface area contributed by atoms with Gasteiger partial charge in [0.05, 0.1) is 6.26 Å². The molecule has 6 nitrogen and oxygen atoms in total. The fraction of sp³-hybridized carbons (Fsp3) is 0.278. The second-order valence-electron chi connectivity index (χ2n) is 5.54. The van der Waals surface area contributed by atoms with Gasteiger partial charge in [-0.2, -0.15) is 4.98 Å². The van der Waals surface area contributed by atoms with Crippen LogP contribution < -0.4 is 0 Å². The molecule has 0 fully saturated rings. The Balaban J connectivity index is 1.65. The maximum atomic E-state index is 12.4. The van der Waals surface area contributed by atoms with E-state index in [1.54, 1.807) is 29.2 Å². The summed E-state index contributed by atoms with van der Waals surface area (Å²) in [5.41, 5.74) is 0.830. The minimum Gasteiger partial charge on any atom is -0.459 e. The molecule has 0 saturated heterocycles. The Kier molecular flexibility index (Phi) is 5.50. The highest BCUT2D eigenvalue weighted by molar-refractivity contribution is 6.30. The molecule has 7 heteroatoms. The van der Waals surface area contributed by atoms with Crippen LogP contribution in [-0.4, -0.2) is 34.0 Å². The van der Waals surface area contributed by atoms with Crippen molar-refractivity contribution in [3.8, 4) is 11.4 Å². The van der Waals surface area contributed by atoms with E-state index < -0.39 is 0 Å². The zero-order valence-corrected chi connectivity index (χ0v) is 14.6. The van der Waals surface area contributed by atoms with E-state index >= 15 is 0 Å². The standard InChI is InChI=1S/C18H18ClN3O3/c1-2-10-22(18(23)15-4-3-12-24-15)11-9-16-20-17(21-25-16)13-5-7-14(19)8-6-13/h3-8,12H,2,9-11H2,1H3. The molecule has 1 aromatic carbocycles. The van der Waals surface area contributed by atoms with E-state index in [-0.39, 0.29) is 5.91 Å². The number of nitrogens with zero attached hydrogens (tertiary/aromatic N) is 3. The topological polar surface area (TPSA) is 72.4 Å². The molecule has 2 heterocycles. The Labute approximate surface area is 150 Å². The second-order valence-corrected chi connectivity index (χ2v) is 5.97. The second kappa shape index (κ2) is 7.98. The first-order valence-electron chi connectivity index (χ1n) is 8.08.